The number of nitrogens with zero attached hydrogens (tertiary/aromatic N) is 2. The van der Waals surface area contributed by atoms with E-state index in [1.54, 1.807) is 0 Å². The zero-order valence-electron chi connectivity index (χ0n) is 11.5. The molecule has 0 amide bonds. The second kappa shape index (κ2) is 5.60. The number of hydrogen-bond donors (Lipinski definition) is 1. The van der Waals surface area contributed by atoms with Gasteiger partial charge in [-0.3, -0.25) is 14.9 Å². The van der Waals surface area contributed by atoms with Crippen LogP contribution in [0.1, 0.15) is 13.3 Å². The van der Waals surface area contributed by atoms with E-state index in [4.69, 9.17) is 0 Å². The maximum atomic E-state index is 12.6. The molecule has 0 aromatic heterocycles. The molecule has 1 aliphatic rings. The topological polar surface area (TPSA) is 118 Å². The van der Waals surface area contributed by atoms with E-state index < -0.39 is 26.3 Å². The molecule has 10 heteroatoms. The Morgan fingerprint density at radius 2 is 2.14 bits per heavy atom. The van der Waals surface area contributed by atoms with Crippen molar-refractivity contribution in [3.8, 4) is 0 Å². The summed E-state index contributed by atoms with van der Waals surface area (Å²) >= 11 is 3.03. The Balaban J connectivity index is 2.36. The van der Waals surface area contributed by atoms with Crippen LogP contribution in [-0.2, 0) is 14.8 Å². The molecule has 2 rings (SSSR count). The van der Waals surface area contributed by atoms with Crippen LogP contribution in [0.25, 0.3) is 0 Å². The van der Waals surface area contributed by atoms with Crippen molar-refractivity contribution in [2.24, 2.45) is 5.41 Å². The molecule has 120 valence electrons. The van der Waals surface area contributed by atoms with Crippen LogP contribution in [-0.4, -0.2) is 41.8 Å². The molecule has 1 unspecified atom stereocenters. The zero-order chi connectivity index (χ0) is 16.7. The average Bonchev–Trinajstić information content (AvgIpc) is 2.83. The third-order valence-corrected chi connectivity index (χ3v) is 6.52. The highest BCUT2D eigenvalue weighted by Crippen LogP contribution is 2.36. The van der Waals surface area contributed by atoms with Gasteiger partial charge in [-0.1, -0.05) is 0 Å². The third kappa shape index (κ3) is 2.85. The van der Waals surface area contributed by atoms with Crippen LogP contribution >= 0.6 is 15.9 Å². The Labute approximate surface area is 135 Å². The van der Waals surface area contributed by atoms with Crippen molar-refractivity contribution in [2.45, 2.75) is 18.2 Å². The number of hydrogen-bond acceptors (Lipinski definition) is 5. The van der Waals surface area contributed by atoms with Gasteiger partial charge in [0.1, 0.15) is 0 Å². The van der Waals surface area contributed by atoms with Crippen molar-refractivity contribution in [3.05, 3.63) is 32.8 Å². The number of carboxylic acid groups (broad SMARTS) is 1. The molecule has 0 bridgehead atoms. The van der Waals surface area contributed by atoms with E-state index in [2.05, 4.69) is 15.9 Å². The maximum Gasteiger partial charge on any atom is 0.310 e. The molecule has 1 N–H and O–H groups in total. The molecule has 0 aliphatic carbocycles. The number of aliphatic carboxylic acids is 1. The van der Waals surface area contributed by atoms with Gasteiger partial charge in [0, 0.05) is 29.7 Å². The SMILES string of the molecule is CC1(C(=O)O)CCN(S(=O)(=O)c2ccc([N+](=O)[O-])cc2Br)C1. The summed E-state index contributed by atoms with van der Waals surface area (Å²) in [5.74, 6) is -1.05. The summed E-state index contributed by atoms with van der Waals surface area (Å²) in [6.07, 6.45) is 0.214. The van der Waals surface area contributed by atoms with Gasteiger partial charge in [-0.25, -0.2) is 8.42 Å². The van der Waals surface area contributed by atoms with Crippen LogP contribution in [0.3, 0.4) is 0 Å². The quantitative estimate of drug-likeness (QED) is 0.616. The Hall–Kier alpha value is -1.52. The predicted octanol–water partition coefficient (Wildman–Crippen LogP) is 1.84. The minimum absolute atomic E-state index is 0.0747. The largest absolute Gasteiger partial charge is 0.481 e. The number of rotatable bonds is 4. The lowest BCUT2D eigenvalue weighted by Crippen LogP contribution is -2.35. The molecule has 1 aromatic rings. The molecule has 1 atom stereocenters. The first-order valence-electron chi connectivity index (χ1n) is 6.25. The summed E-state index contributed by atoms with van der Waals surface area (Å²) in [5.41, 5.74) is -1.36. The van der Waals surface area contributed by atoms with Gasteiger partial charge in [-0.15, -0.1) is 0 Å². The normalized spacial score (nSPS) is 22.6. The predicted molar refractivity (Wildman–Crippen MR) is 79.9 cm³/mol. The minimum atomic E-state index is -3.92. The number of non-ortho nitro benzene ring substituents is 1. The van der Waals surface area contributed by atoms with E-state index >= 15 is 0 Å². The molecule has 1 fully saturated rings. The van der Waals surface area contributed by atoms with Crippen molar-refractivity contribution < 1.29 is 23.2 Å². The molecular formula is C12H13BrN2O6S. The van der Waals surface area contributed by atoms with Gasteiger partial charge in [0.2, 0.25) is 10.0 Å². The molecular weight excluding hydrogens is 380 g/mol. The average molecular weight is 393 g/mol. The molecule has 0 spiro atoms. The molecule has 1 aromatic carbocycles. The second-order valence-corrected chi connectivity index (χ2v) is 8.09. The van der Waals surface area contributed by atoms with E-state index in [0.29, 0.717) is 0 Å². The molecule has 0 saturated carbocycles. The van der Waals surface area contributed by atoms with Gasteiger partial charge in [0.15, 0.2) is 0 Å². The van der Waals surface area contributed by atoms with E-state index in [0.717, 1.165) is 22.5 Å². The van der Waals surface area contributed by atoms with Crippen LogP contribution < -0.4 is 0 Å². The molecule has 1 aliphatic heterocycles. The Kier molecular flexibility index (Phi) is 4.28. The summed E-state index contributed by atoms with van der Waals surface area (Å²) in [6.45, 7) is 1.46. The molecule has 1 saturated heterocycles. The summed E-state index contributed by atoms with van der Waals surface area (Å²) < 4.78 is 26.3. The van der Waals surface area contributed by atoms with E-state index in [1.807, 2.05) is 0 Å². The van der Waals surface area contributed by atoms with Crippen molar-refractivity contribution in [1.29, 1.82) is 0 Å². The lowest BCUT2D eigenvalue weighted by Gasteiger charge is -2.20. The van der Waals surface area contributed by atoms with Gasteiger partial charge in [0.25, 0.3) is 5.69 Å². The van der Waals surface area contributed by atoms with Crippen LogP contribution in [0.2, 0.25) is 0 Å². The molecule has 8 nitrogen and oxygen atoms in total. The minimum Gasteiger partial charge on any atom is -0.481 e. The van der Waals surface area contributed by atoms with Crippen LogP contribution in [0.5, 0.6) is 0 Å². The van der Waals surface area contributed by atoms with Crippen LogP contribution in [0.4, 0.5) is 5.69 Å². The standard InChI is InChI=1S/C12H13BrN2O6S/c1-12(11(16)17)4-5-14(7-12)22(20,21)10-3-2-8(15(18)19)6-9(10)13/h2-3,6H,4-5,7H2,1H3,(H,16,17). The van der Waals surface area contributed by atoms with Crippen molar-refractivity contribution >= 4 is 37.6 Å². The number of carboxylic acids is 1. The van der Waals surface area contributed by atoms with Crippen molar-refractivity contribution in [3.63, 3.8) is 0 Å². The van der Waals surface area contributed by atoms with Gasteiger partial charge < -0.3 is 5.11 Å². The number of nitro groups is 1. The van der Waals surface area contributed by atoms with E-state index in [-0.39, 0.29) is 34.6 Å². The van der Waals surface area contributed by atoms with Crippen molar-refractivity contribution in [2.75, 3.05) is 13.1 Å². The van der Waals surface area contributed by atoms with Gasteiger partial charge in [-0.2, -0.15) is 4.31 Å². The molecule has 1 heterocycles. The lowest BCUT2D eigenvalue weighted by atomic mass is 9.90. The Morgan fingerprint density at radius 1 is 1.50 bits per heavy atom. The number of carbonyl (C=O) groups is 1. The molecule has 0 radical (unpaired) electrons. The fourth-order valence-electron chi connectivity index (χ4n) is 2.25. The van der Waals surface area contributed by atoms with Crippen LogP contribution in [0.15, 0.2) is 27.6 Å². The van der Waals surface area contributed by atoms with Gasteiger partial charge in [0.05, 0.1) is 15.2 Å². The second-order valence-electron chi connectivity index (χ2n) is 5.33. The molecule has 22 heavy (non-hydrogen) atoms. The smallest absolute Gasteiger partial charge is 0.310 e. The Morgan fingerprint density at radius 3 is 2.59 bits per heavy atom. The van der Waals surface area contributed by atoms with E-state index in [1.165, 1.54) is 6.92 Å². The highest BCUT2D eigenvalue weighted by Gasteiger charge is 2.45. The zero-order valence-corrected chi connectivity index (χ0v) is 13.9. The monoisotopic (exact) mass is 392 g/mol. The highest BCUT2D eigenvalue weighted by atomic mass is 79.9. The fourth-order valence-corrected chi connectivity index (χ4v) is 4.84. The number of benzene rings is 1. The fraction of sp³-hybridized carbons (Fsp3) is 0.417. The van der Waals surface area contributed by atoms with Crippen molar-refractivity contribution in [1.82, 2.24) is 4.31 Å². The summed E-state index contributed by atoms with van der Waals surface area (Å²) in [7, 11) is -3.92. The van der Waals surface area contributed by atoms with Gasteiger partial charge in [-0.05, 0) is 35.3 Å². The summed E-state index contributed by atoms with van der Waals surface area (Å²) in [6, 6.07) is 3.36. The van der Waals surface area contributed by atoms with E-state index in [9.17, 15) is 28.4 Å². The maximum absolute atomic E-state index is 12.6. The summed E-state index contributed by atoms with van der Waals surface area (Å²) in [5, 5.41) is 19.9. The third-order valence-electron chi connectivity index (χ3n) is 3.70. The number of sulfonamides is 1. The van der Waals surface area contributed by atoms with Gasteiger partial charge >= 0.3 is 5.97 Å². The number of nitro benzene ring substituents is 1. The first kappa shape index (κ1) is 16.8. The number of halogens is 1. The first-order chi connectivity index (χ1) is 10.1. The lowest BCUT2D eigenvalue weighted by molar-refractivity contribution is -0.385. The first-order valence-corrected chi connectivity index (χ1v) is 8.49. The highest BCUT2D eigenvalue weighted by molar-refractivity contribution is 9.10. The van der Waals surface area contributed by atoms with Crippen LogP contribution in [0, 0.1) is 15.5 Å². The summed E-state index contributed by atoms with van der Waals surface area (Å²) in [4.78, 5) is 21.2. The Bertz CT molecular complexity index is 750.